The zero-order valence-corrected chi connectivity index (χ0v) is 25.0. The SMILES string of the molecule is CC(C)CN(CC(O)C(=O)O)C(=O)N[C@@H](Cc1ccc(-c2ccc3ccccc3c2)cc1)C(=O)Oc1ccc2c(c1)CCC2. The predicted octanol–water partition coefficient (Wildman–Crippen LogP) is 5.63. The van der Waals surface area contributed by atoms with E-state index in [1.54, 1.807) is 6.07 Å². The Morgan fingerprint density at radius 3 is 2.27 bits per heavy atom. The number of carboxylic acid groups (broad SMARTS) is 1. The van der Waals surface area contributed by atoms with Crippen molar-refractivity contribution in [3.05, 3.63) is 102 Å². The van der Waals surface area contributed by atoms with Crippen LogP contribution in [0.1, 0.15) is 37.0 Å². The van der Waals surface area contributed by atoms with Crippen LogP contribution < -0.4 is 10.1 Å². The lowest BCUT2D eigenvalue weighted by molar-refractivity contribution is -0.147. The molecule has 4 aromatic carbocycles. The number of nitrogens with one attached hydrogen (secondary N) is 1. The normalized spacial score (nSPS) is 13.7. The minimum Gasteiger partial charge on any atom is -0.479 e. The fourth-order valence-corrected chi connectivity index (χ4v) is 5.64. The van der Waals surface area contributed by atoms with Crippen LogP contribution in [-0.2, 0) is 28.9 Å². The summed E-state index contributed by atoms with van der Waals surface area (Å²) < 4.78 is 5.77. The van der Waals surface area contributed by atoms with Gasteiger partial charge < -0.3 is 25.2 Å². The lowest BCUT2D eigenvalue weighted by Crippen LogP contribution is -2.53. The number of amides is 2. The van der Waals surface area contributed by atoms with Crippen LogP contribution in [-0.4, -0.2) is 58.3 Å². The molecule has 0 bridgehead atoms. The second kappa shape index (κ2) is 13.7. The summed E-state index contributed by atoms with van der Waals surface area (Å²) in [6, 6.07) is 26.2. The van der Waals surface area contributed by atoms with Gasteiger partial charge in [0.1, 0.15) is 11.8 Å². The number of benzene rings is 4. The molecule has 228 valence electrons. The van der Waals surface area contributed by atoms with Gasteiger partial charge in [-0.15, -0.1) is 0 Å². The lowest BCUT2D eigenvalue weighted by atomic mass is 9.98. The molecule has 0 radical (unpaired) electrons. The van der Waals surface area contributed by atoms with E-state index in [9.17, 15) is 24.6 Å². The second-order valence-corrected chi connectivity index (χ2v) is 11.8. The van der Waals surface area contributed by atoms with Crippen LogP contribution in [0.2, 0.25) is 0 Å². The number of ether oxygens (including phenoxy) is 1. The largest absolute Gasteiger partial charge is 0.479 e. The lowest BCUT2D eigenvalue weighted by Gasteiger charge is -2.28. The number of carbonyl (C=O) groups excluding carboxylic acids is 2. The maximum absolute atomic E-state index is 13.5. The van der Waals surface area contributed by atoms with Crippen LogP contribution >= 0.6 is 0 Å². The molecule has 8 heteroatoms. The molecule has 1 unspecified atom stereocenters. The van der Waals surface area contributed by atoms with Crippen LogP contribution in [0.4, 0.5) is 4.79 Å². The summed E-state index contributed by atoms with van der Waals surface area (Å²) in [7, 11) is 0. The fourth-order valence-electron chi connectivity index (χ4n) is 5.64. The zero-order chi connectivity index (χ0) is 31.2. The van der Waals surface area contributed by atoms with Crippen LogP contribution in [0.3, 0.4) is 0 Å². The van der Waals surface area contributed by atoms with Crippen molar-refractivity contribution in [1.82, 2.24) is 10.2 Å². The first-order valence-corrected chi connectivity index (χ1v) is 15.0. The summed E-state index contributed by atoms with van der Waals surface area (Å²) in [6.07, 6.45) is 1.41. The Balaban J connectivity index is 1.36. The molecule has 3 N–H and O–H groups in total. The number of aryl methyl sites for hydroxylation is 2. The van der Waals surface area contributed by atoms with Gasteiger partial charge in [0.25, 0.3) is 0 Å². The van der Waals surface area contributed by atoms with Crippen LogP contribution in [0.25, 0.3) is 21.9 Å². The van der Waals surface area contributed by atoms with Crippen molar-refractivity contribution in [2.24, 2.45) is 5.92 Å². The van der Waals surface area contributed by atoms with Gasteiger partial charge in [-0.1, -0.05) is 80.6 Å². The molecule has 0 aliphatic heterocycles. The van der Waals surface area contributed by atoms with Gasteiger partial charge in [0.2, 0.25) is 0 Å². The maximum Gasteiger partial charge on any atom is 0.334 e. The monoisotopic (exact) mass is 594 g/mol. The number of urea groups is 1. The standard InChI is InChI=1S/C36H38N2O6/c1-23(2)21-38(22-33(39)34(40)41)36(43)37-32(35(42)44-31-17-16-26-8-5-9-29(26)20-31)18-24-10-12-27(13-11-24)30-15-14-25-6-3-4-7-28(25)19-30/h3-4,6-7,10-17,19-20,23,32-33,39H,5,8-9,18,21-22H2,1-2H3,(H,37,43)(H,40,41)/t32-,33?/m0/s1. The Morgan fingerprint density at radius 2 is 1.55 bits per heavy atom. The van der Waals surface area contributed by atoms with E-state index in [-0.39, 0.29) is 18.9 Å². The van der Waals surface area contributed by atoms with E-state index in [0.717, 1.165) is 52.3 Å². The van der Waals surface area contributed by atoms with Crippen LogP contribution in [0, 0.1) is 5.92 Å². The molecule has 2 atom stereocenters. The summed E-state index contributed by atoms with van der Waals surface area (Å²) in [5.41, 5.74) is 5.31. The van der Waals surface area contributed by atoms with E-state index in [1.807, 2.05) is 62.4 Å². The molecule has 0 fully saturated rings. The zero-order valence-electron chi connectivity index (χ0n) is 25.0. The molecule has 0 heterocycles. The Labute approximate surface area is 257 Å². The molecule has 5 rings (SSSR count). The summed E-state index contributed by atoms with van der Waals surface area (Å²) in [5.74, 6) is -1.63. The summed E-state index contributed by atoms with van der Waals surface area (Å²) in [4.78, 5) is 39.5. The van der Waals surface area contributed by atoms with E-state index < -0.39 is 36.7 Å². The van der Waals surface area contributed by atoms with Crippen LogP contribution in [0.5, 0.6) is 5.75 Å². The molecule has 2 amide bonds. The molecule has 0 spiro atoms. The van der Waals surface area contributed by atoms with Gasteiger partial charge in [0.15, 0.2) is 6.10 Å². The summed E-state index contributed by atoms with van der Waals surface area (Å²) >= 11 is 0. The van der Waals surface area contributed by atoms with Crippen molar-refractivity contribution in [2.45, 2.75) is 51.7 Å². The number of rotatable bonds is 11. The van der Waals surface area contributed by atoms with Gasteiger partial charge in [-0.2, -0.15) is 0 Å². The smallest absolute Gasteiger partial charge is 0.334 e. The molecule has 0 saturated carbocycles. The number of esters is 1. The van der Waals surface area contributed by atoms with Gasteiger partial charge in [-0.05, 0) is 82.0 Å². The van der Waals surface area contributed by atoms with E-state index in [4.69, 9.17) is 4.74 Å². The number of carboxylic acids is 1. The van der Waals surface area contributed by atoms with Gasteiger partial charge in [0.05, 0.1) is 6.54 Å². The van der Waals surface area contributed by atoms with Crippen molar-refractivity contribution in [3.63, 3.8) is 0 Å². The van der Waals surface area contributed by atoms with Crippen molar-refractivity contribution < 1.29 is 29.3 Å². The molecule has 8 nitrogen and oxygen atoms in total. The average Bonchev–Trinajstić information content (AvgIpc) is 3.48. The Bertz CT molecular complexity index is 1650. The van der Waals surface area contributed by atoms with E-state index in [2.05, 4.69) is 35.6 Å². The minimum atomic E-state index is -1.75. The number of fused-ring (bicyclic) bond motifs is 2. The Hall–Kier alpha value is -4.69. The minimum absolute atomic E-state index is 0.00112. The van der Waals surface area contributed by atoms with Gasteiger partial charge >= 0.3 is 18.0 Å². The first kappa shape index (κ1) is 30.8. The number of nitrogens with zero attached hydrogens (tertiary/aromatic N) is 1. The Morgan fingerprint density at radius 1 is 0.841 bits per heavy atom. The highest BCUT2D eigenvalue weighted by molar-refractivity contribution is 5.88. The number of aliphatic hydroxyl groups is 1. The summed E-state index contributed by atoms with van der Waals surface area (Å²) in [5, 5.41) is 24.3. The molecule has 4 aromatic rings. The summed E-state index contributed by atoms with van der Waals surface area (Å²) in [6.45, 7) is 3.55. The van der Waals surface area contributed by atoms with E-state index in [1.165, 1.54) is 10.5 Å². The van der Waals surface area contributed by atoms with Crippen molar-refractivity contribution in [2.75, 3.05) is 13.1 Å². The first-order valence-electron chi connectivity index (χ1n) is 15.0. The Kier molecular flexibility index (Phi) is 9.60. The number of aliphatic carboxylic acids is 1. The average molecular weight is 595 g/mol. The second-order valence-electron chi connectivity index (χ2n) is 11.8. The van der Waals surface area contributed by atoms with Gasteiger partial charge in [0, 0.05) is 13.0 Å². The molecule has 44 heavy (non-hydrogen) atoms. The quantitative estimate of drug-likeness (QED) is 0.153. The van der Waals surface area contributed by atoms with Crippen molar-refractivity contribution in [3.8, 4) is 16.9 Å². The fraction of sp³-hybridized carbons (Fsp3) is 0.306. The number of hydrogen-bond donors (Lipinski definition) is 3. The maximum atomic E-state index is 13.5. The third-order valence-electron chi connectivity index (χ3n) is 7.90. The first-order chi connectivity index (χ1) is 21.2. The topological polar surface area (TPSA) is 116 Å². The number of hydrogen-bond acceptors (Lipinski definition) is 5. The van der Waals surface area contributed by atoms with Gasteiger partial charge in [-0.3, -0.25) is 0 Å². The highest BCUT2D eigenvalue weighted by Crippen LogP contribution is 2.27. The molecule has 1 aliphatic rings. The highest BCUT2D eigenvalue weighted by atomic mass is 16.5. The molecule has 0 saturated heterocycles. The van der Waals surface area contributed by atoms with Crippen molar-refractivity contribution in [1.29, 1.82) is 0 Å². The molecule has 0 aromatic heterocycles. The highest BCUT2D eigenvalue weighted by Gasteiger charge is 2.29. The van der Waals surface area contributed by atoms with Crippen LogP contribution in [0.15, 0.2) is 84.9 Å². The van der Waals surface area contributed by atoms with Gasteiger partial charge in [-0.25, -0.2) is 14.4 Å². The molecular weight excluding hydrogens is 556 g/mol. The van der Waals surface area contributed by atoms with E-state index in [0.29, 0.717) is 5.75 Å². The van der Waals surface area contributed by atoms with Crippen molar-refractivity contribution >= 4 is 28.7 Å². The van der Waals surface area contributed by atoms with E-state index >= 15 is 0 Å². The third-order valence-corrected chi connectivity index (χ3v) is 7.90. The third kappa shape index (κ3) is 7.63. The predicted molar refractivity (Wildman–Crippen MR) is 170 cm³/mol. The molecular formula is C36H38N2O6. The molecule has 1 aliphatic carbocycles. The number of aliphatic hydroxyl groups excluding tert-OH is 1. The number of carbonyl (C=O) groups is 3.